The molecule has 4 aromatic rings. The van der Waals surface area contributed by atoms with E-state index in [-0.39, 0.29) is 28.1 Å². The van der Waals surface area contributed by atoms with Crippen LogP contribution in [0.15, 0.2) is 93.1 Å². The second kappa shape index (κ2) is 14.0. The second-order valence-corrected chi connectivity index (χ2v) is 16.7. The first-order valence-electron chi connectivity index (χ1n) is 17.6. The number of anilines is 3. The number of rotatable bonds is 6. The van der Waals surface area contributed by atoms with Crippen molar-refractivity contribution in [3.05, 3.63) is 118 Å². The van der Waals surface area contributed by atoms with Gasteiger partial charge in [0.2, 0.25) is 17.6 Å². The van der Waals surface area contributed by atoms with E-state index in [1.807, 2.05) is 31.1 Å². The molecule has 2 aliphatic heterocycles. The van der Waals surface area contributed by atoms with Crippen molar-refractivity contribution in [2.24, 2.45) is 28.0 Å². The fraction of sp³-hybridized carbons (Fsp3) is 0.250. The van der Waals surface area contributed by atoms with Crippen LogP contribution in [0.25, 0.3) is 0 Å². The number of halogens is 8. The van der Waals surface area contributed by atoms with Crippen LogP contribution in [-0.2, 0) is 19.2 Å². The maximum absolute atomic E-state index is 15.3. The number of nitrogens with zero attached hydrogens (tertiary/aromatic N) is 5. The Balaban J connectivity index is 1.19. The molecule has 0 unspecified atom stereocenters. The highest BCUT2D eigenvalue weighted by atomic mass is 79.9. The zero-order valence-electron chi connectivity index (χ0n) is 30.0. The first-order valence-corrected chi connectivity index (χ1v) is 19.1. The highest BCUT2D eigenvalue weighted by molar-refractivity contribution is 9.10. The number of benzene rings is 4. The number of amides is 4. The Hall–Kier alpha value is -5.19. The monoisotopic (exact) mass is 901 g/mol. The van der Waals surface area contributed by atoms with E-state index in [1.54, 1.807) is 30.3 Å². The molecule has 2 heterocycles. The highest BCUT2D eigenvalue weighted by Gasteiger charge is 2.77. The maximum atomic E-state index is 15.3. The lowest BCUT2D eigenvalue weighted by Crippen LogP contribution is -2.60. The highest BCUT2D eigenvalue weighted by Crippen LogP contribution is 2.67. The quantitative estimate of drug-likeness (QED) is 0.0392. The third-order valence-corrected chi connectivity index (χ3v) is 13.2. The minimum Gasteiger partial charge on any atom is -0.508 e. The molecule has 2 saturated heterocycles. The molecule has 2 aliphatic carbocycles. The first-order chi connectivity index (χ1) is 27.4. The van der Waals surface area contributed by atoms with Gasteiger partial charge in [-0.05, 0) is 85.5 Å². The number of allylic oxidation sites excluding steroid dienone is 2. The molecule has 58 heavy (non-hydrogen) atoms. The molecule has 0 radical (unpaired) electrons. The molecule has 4 amide bonds. The van der Waals surface area contributed by atoms with E-state index in [4.69, 9.17) is 23.2 Å². The zero-order valence-corrected chi connectivity index (χ0v) is 33.1. The Bertz CT molecular complexity index is 2520. The lowest BCUT2D eigenvalue weighted by Gasteiger charge is -2.50. The summed E-state index contributed by atoms with van der Waals surface area (Å²) in [5.41, 5.74) is 0.346. The third kappa shape index (κ3) is 5.62. The van der Waals surface area contributed by atoms with Gasteiger partial charge in [-0.15, -0.1) is 23.2 Å². The first kappa shape index (κ1) is 39.6. The normalized spacial score (nSPS) is 26.6. The number of hydrogen-bond acceptors (Lipinski definition) is 8. The average Bonchev–Trinajstić information content (AvgIpc) is 3.54. The number of carbonyl (C=O) groups is 4. The summed E-state index contributed by atoms with van der Waals surface area (Å²) < 4.78 is 74.1. The smallest absolute Gasteiger partial charge is 0.258 e. The van der Waals surface area contributed by atoms with Crippen LogP contribution in [0.5, 0.6) is 5.75 Å². The van der Waals surface area contributed by atoms with Crippen molar-refractivity contribution in [1.82, 2.24) is 0 Å². The van der Waals surface area contributed by atoms with E-state index in [0.717, 1.165) is 10.6 Å². The minimum absolute atomic E-state index is 0.0759. The van der Waals surface area contributed by atoms with Crippen LogP contribution < -0.4 is 14.7 Å². The van der Waals surface area contributed by atoms with E-state index in [9.17, 15) is 37.5 Å². The molecule has 0 spiro atoms. The van der Waals surface area contributed by atoms with Gasteiger partial charge in [0.1, 0.15) is 11.4 Å². The van der Waals surface area contributed by atoms with E-state index in [2.05, 4.69) is 26.2 Å². The van der Waals surface area contributed by atoms with Crippen LogP contribution in [0.3, 0.4) is 0 Å². The Morgan fingerprint density at radius 2 is 1.33 bits per heavy atom. The van der Waals surface area contributed by atoms with Crippen LogP contribution >= 0.6 is 39.1 Å². The molecule has 0 bridgehead atoms. The van der Waals surface area contributed by atoms with Crippen LogP contribution in [0.2, 0.25) is 0 Å². The second-order valence-electron chi connectivity index (χ2n) is 14.5. The van der Waals surface area contributed by atoms with E-state index >= 15 is 8.78 Å². The van der Waals surface area contributed by atoms with Crippen molar-refractivity contribution in [1.29, 1.82) is 0 Å². The molecule has 6 atom stereocenters. The molecule has 4 aromatic carbocycles. The predicted octanol–water partition coefficient (Wildman–Crippen LogP) is 9.10. The summed E-state index contributed by atoms with van der Waals surface area (Å²) in [4.78, 5) is 54.5. The van der Waals surface area contributed by atoms with Gasteiger partial charge in [0, 0.05) is 35.7 Å². The number of fused-ring (bicyclic) bond motifs is 4. The van der Waals surface area contributed by atoms with Crippen molar-refractivity contribution in [3.8, 4) is 5.75 Å². The molecule has 4 aliphatic rings. The van der Waals surface area contributed by atoms with Crippen LogP contribution in [0.1, 0.15) is 24.3 Å². The number of hydrogen-bond donors (Lipinski definition) is 1. The predicted molar refractivity (Wildman–Crippen MR) is 206 cm³/mol. The summed E-state index contributed by atoms with van der Waals surface area (Å²) in [6.07, 6.45) is 0.779. The van der Waals surface area contributed by atoms with Gasteiger partial charge in [-0.25, -0.2) is 26.9 Å². The molecule has 3 fully saturated rings. The Labute approximate surface area is 344 Å². The summed E-state index contributed by atoms with van der Waals surface area (Å²) >= 11 is 17.6. The molecule has 298 valence electrons. The van der Waals surface area contributed by atoms with Crippen molar-refractivity contribution in [3.63, 3.8) is 0 Å². The standard InChI is InChI=1S/C40H27BrCl2F5N5O5/c1-51(2)20-8-4-18(5-9-20)49-50-19-6-10-21(11-7-19)52-35(55)23-13-12-22-25(27(23)36(52)56)16-39(42)37(57)53(34-32(47)30(45)29(44)31(46)33(34)48)38(58)40(39,43)28(22)24-15-17(41)3-14-26(24)54/h3-12,14-15,23,25,27-28,54H,13,16H2,1-2H3/t23-,25+,27-,28+,39+,40-/m0/s1. The number of azo groups is 1. The number of phenolic OH excluding ortho intramolecular Hbond substituents is 1. The topological polar surface area (TPSA) is 123 Å². The van der Waals surface area contributed by atoms with Gasteiger partial charge in [-0.2, -0.15) is 10.2 Å². The molecule has 8 rings (SSSR count). The molecule has 0 aromatic heterocycles. The van der Waals surface area contributed by atoms with Crippen molar-refractivity contribution < 1.29 is 46.2 Å². The van der Waals surface area contributed by atoms with Crippen LogP contribution in [0, 0.1) is 46.8 Å². The SMILES string of the molecule is CN(C)c1ccc(N=Nc2ccc(N3C(=O)[C@H]4[C@H](CC=C5[C@H]4C[C@@]4(Cl)C(=O)N(c6c(F)c(F)c(F)c(F)c6F)C(=O)[C@@]4(Cl)[C@H]5c4cc(Br)ccc4O)C3=O)cc2)cc1. The summed E-state index contributed by atoms with van der Waals surface area (Å²) in [5.74, 6) is -22.4. The summed E-state index contributed by atoms with van der Waals surface area (Å²) in [6.45, 7) is 0. The lowest BCUT2D eigenvalue weighted by molar-refractivity contribution is -0.125. The Kier molecular flexibility index (Phi) is 9.55. The Morgan fingerprint density at radius 1 is 0.759 bits per heavy atom. The average molecular weight is 903 g/mol. The largest absolute Gasteiger partial charge is 0.508 e. The number of aromatic hydroxyl groups is 1. The van der Waals surface area contributed by atoms with Gasteiger partial charge in [-0.3, -0.25) is 24.1 Å². The number of phenols is 1. The molecule has 1 saturated carbocycles. The van der Waals surface area contributed by atoms with Crippen LogP contribution in [-0.4, -0.2) is 52.6 Å². The number of carbonyl (C=O) groups excluding carboxylic acids is 4. The fourth-order valence-corrected chi connectivity index (χ4v) is 9.83. The minimum atomic E-state index is -2.77. The van der Waals surface area contributed by atoms with E-state index in [0.29, 0.717) is 15.8 Å². The van der Waals surface area contributed by atoms with E-state index < -0.39 is 104 Å². The van der Waals surface area contributed by atoms with Gasteiger partial charge >= 0.3 is 0 Å². The molecule has 18 heteroatoms. The molecular formula is C40H27BrCl2F5N5O5. The van der Waals surface area contributed by atoms with Gasteiger partial charge in [0.15, 0.2) is 33.0 Å². The van der Waals surface area contributed by atoms with Gasteiger partial charge < -0.3 is 10.0 Å². The summed E-state index contributed by atoms with van der Waals surface area (Å²) in [5, 5.41) is 19.7. The maximum Gasteiger partial charge on any atom is 0.258 e. The number of imide groups is 2. The Morgan fingerprint density at radius 3 is 1.91 bits per heavy atom. The van der Waals surface area contributed by atoms with Gasteiger partial charge in [-0.1, -0.05) is 27.6 Å². The number of alkyl halides is 2. The fourth-order valence-electron chi connectivity index (χ4n) is 8.52. The third-order valence-electron chi connectivity index (χ3n) is 11.3. The summed E-state index contributed by atoms with van der Waals surface area (Å²) in [7, 11) is 3.81. The van der Waals surface area contributed by atoms with Crippen molar-refractivity contribution in [2.75, 3.05) is 28.8 Å². The van der Waals surface area contributed by atoms with Crippen molar-refractivity contribution >= 4 is 91.2 Å². The van der Waals surface area contributed by atoms with Gasteiger partial charge in [0.25, 0.3) is 11.8 Å². The zero-order chi connectivity index (χ0) is 41.7. The van der Waals surface area contributed by atoms with Crippen molar-refractivity contribution in [2.45, 2.75) is 28.5 Å². The van der Waals surface area contributed by atoms with Crippen LogP contribution in [0.4, 0.5) is 50.4 Å². The molecule has 10 nitrogen and oxygen atoms in total. The molecule has 1 N–H and O–H groups in total. The van der Waals surface area contributed by atoms with E-state index in [1.165, 1.54) is 30.3 Å². The lowest BCUT2D eigenvalue weighted by atomic mass is 9.56. The van der Waals surface area contributed by atoms with Gasteiger partial charge in [0.05, 0.1) is 28.9 Å². The molecular weight excluding hydrogens is 876 g/mol. The summed E-state index contributed by atoms with van der Waals surface area (Å²) in [6, 6.07) is 17.5.